The first-order chi connectivity index (χ1) is 19.7. The fraction of sp³-hybridized carbons (Fsp3) is 0.406. The molecule has 1 unspecified atom stereocenters. The number of nitrogens with two attached hydrogens (primary N) is 1. The Morgan fingerprint density at radius 1 is 1.07 bits per heavy atom. The molecule has 216 valence electrons. The first-order valence-corrected chi connectivity index (χ1v) is 14.5. The number of benzene rings is 2. The second-order valence-electron chi connectivity index (χ2n) is 10.9. The molecule has 7 nitrogen and oxygen atoms in total. The van der Waals surface area contributed by atoms with Crippen molar-refractivity contribution in [1.82, 2.24) is 4.57 Å². The van der Waals surface area contributed by atoms with Gasteiger partial charge in [0.05, 0.1) is 30.4 Å². The van der Waals surface area contributed by atoms with Crippen molar-refractivity contribution in [2.45, 2.75) is 76.7 Å². The van der Waals surface area contributed by atoms with Gasteiger partial charge in [0.1, 0.15) is 5.82 Å². The number of hydrogen-bond donors (Lipinski definition) is 1. The van der Waals surface area contributed by atoms with Crippen LogP contribution in [0.4, 0.5) is 4.39 Å². The summed E-state index contributed by atoms with van der Waals surface area (Å²) in [6, 6.07) is 10.4. The second-order valence-corrected chi connectivity index (χ2v) is 11.3. The molecule has 3 atom stereocenters. The zero-order valence-corrected chi connectivity index (χ0v) is 23.8. The number of primary amides is 1. The van der Waals surface area contributed by atoms with Gasteiger partial charge in [0.15, 0.2) is 5.78 Å². The highest BCUT2D eigenvalue weighted by Gasteiger charge is 2.29. The maximum atomic E-state index is 14.5. The largest absolute Gasteiger partial charge is 0.378 e. The molecule has 0 aliphatic carbocycles. The highest BCUT2D eigenvalue weighted by atomic mass is 35.5. The molecule has 5 rings (SSSR count). The number of carbonyl (C=O) groups is 2. The summed E-state index contributed by atoms with van der Waals surface area (Å²) in [7, 11) is 0. The van der Waals surface area contributed by atoms with Gasteiger partial charge in [-0.2, -0.15) is 0 Å². The van der Waals surface area contributed by atoms with Gasteiger partial charge in [-0.15, -0.1) is 0 Å². The summed E-state index contributed by atoms with van der Waals surface area (Å²) in [5, 5.41) is 0.575. The van der Waals surface area contributed by atoms with Gasteiger partial charge in [-0.1, -0.05) is 30.7 Å². The molecule has 1 amide bonds. The third-order valence-corrected chi connectivity index (χ3v) is 8.28. The molecule has 2 aromatic carbocycles. The maximum absolute atomic E-state index is 14.5. The minimum atomic E-state index is -0.879. The maximum Gasteiger partial charge on any atom is 0.251 e. The highest BCUT2D eigenvalue weighted by Crippen LogP contribution is 2.34. The van der Waals surface area contributed by atoms with Crippen LogP contribution in [0.3, 0.4) is 0 Å². The molecule has 0 saturated carbocycles. The average Bonchev–Trinajstić information content (AvgIpc) is 2.94. The molecule has 0 radical (unpaired) electrons. The fourth-order valence-electron chi connectivity index (χ4n) is 5.78. The van der Waals surface area contributed by atoms with E-state index < -0.39 is 17.8 Å². The molecule has 41 heavy (non-hydrogen) atoms. The number of carbonyl (C=O) groups excluding carboxylic acids is 2. The van der Waals surface area contributed by atoms with Crippen LogP contribution in [-0.2, 0) is 33.7 Å². The van der Waals surface area contributed by atoms with E-state index in [1.807, 2.05) is 18.2 Å². The Balaban J connectivity index is 1.54. The van der Waals surface area contributed by atoms with E-state index in [-0.39, 0.29) is 42.1 Å². The third-order valence-electron chi connectivity index (χ3n) is 8.05. The van der Waals surface area contributed by atoms with Gasteiger partial charge in [-0.25, -0.2) is 4.39 Å². The van der Waals surface area contributed by atoms with E-state index in [1.165, 1.54) is 16.7 Å². The third kappa shape index (κ3) is 6.61. The number of fused-ring (bicyclic) bond motifs is 3. The summed E-state index contributed by atoms with van der Waals surface area (Å²) >= 11 is 6.37. The molecule has 3 heterocycles. The number of halogens is 2. The normalized spacial score (nSPS) is 19.4. The van der Waals surface area contributed by atoms with Gasteiger partial charge in [0, 0.05) is 42.3 Å². The van der Waals surface area contributed by atoms with Crippen LogP contribution < -0.4 is 11.3 Å². The number of nitrogens with zero attached hydrogens (tertiary/aromatic N) is 1. The lowest BCUT2D eigenvalue weighted by atomic mass is 9.91. The van der Waals surface area contributed by atoms with Crippen LogP contribution in [-0.4, -0.2) is 35.1 Å². The Morgan fingerprint density at radius 3 is 2.59 bits per heavy atom. The van der Waals surface area contributed by atoms with E-state index in [9.17, 15) is 18.8 Å². The Morgan fingerprint density at radius 2 is 1.88 bits per heavy atom. The molecule has 2 aliphatic rings. The van der Waals surface area contributed by atoms with Crippen molar-refractivity contribution in [3.63, 3.8) is 0 Å². The summed E-state index contributed by atoms with van der Waals surface area (Å²) in [6.45, 7) is 2.95. The molecule has 3 aromatic rings. The Labute approximate surface area is 243 Å². The number of ketones is 1. The van der Waals surface area contributed by atoms with Crippen molar-refractivity contribution in [2.75, 3.05) is 6.61 Å². The molecule has 1 saturated heterocycles. The van der Waals surface area contributed by atoms with E-state index in [0.29, 0.717) is 30.0 Å². The molecule has 2 N–H and O–H groups in total. The van der Waals surface area contributed by atoms with Crippen LogP contribution in [0.1, 0.15) is 72.1 Å². The van der Waals surface area contributed by atoms with Crippen molar-refractivity contribution in [1.29, 1.82) is 0 Å². The molecular formula is C32H34ClFN2O5. The summed E-state index contributed by atoms with van der Waals surface area (Å²) in [5.41, 5.74) is 8.51. The van der Waals surface area contributed by atoms with Crippen LogP contribution in [0.2, 0.25) is 5.02 Å². The summed E-state index contributed by atoms with van der Waals surface area (Å²) in [6.07, 6.45) is 5.99. The smallest absolute Gasteiger partial charge is 0.251 e. The van der Waals surface area contributed by atoms with E-state index in [1.54, 1.807) is 12.3 Å². The predicted octanol–water partition coefficient (Wildman–Crippen LogP) is 5.57. The first kappa shape index (κ1) is 29.2. The number of rotatable bonds is 8. The van der Waals surface area contributed by atoms with Crippen LogP contribution >= 0.6 is 11.6 Å². The quantitative estimate of drug-likeness (QED) is 0.375. The van der Waals surface area contributed by atoms with Crippen LogP contribution in [0.25, 0.3) is 11.1 Å². The van der Waals surface area contributed by atoms with Gasteiger partial charge in [0.25, 0.3) is 11.5 Å². The molecule has 2 aliphatic heterocycles. The Bertz CT molecular complexity index is 1510. The minimum Gasteiger partial charge on any atom is -0.378 e. The van der Waals surface area contributed by atoms with Gasteiger partial charge in [0.2, 0.25) is 0 Å². The Kier molecular flexibility index (Phi) is 9.02. The van der Waals surface area contributed by atoms with Crippen LogP contribution in [0, 0.1) is 5.82 Å². The fourth-order valence-corrected chi connectivity index (χ4v) is 5.95. The van der Waals surface area contributed by atoms with Crippen LogP contribution in [0.15, 0.2) is 53.5 Å². The van der Waals surface area contributed by atoms with E-state index in [4.69, 9.17) is 26.8 Å². The summed E-state index contributed by atoms with van der Waals surface area (Å²) < 4.78 is 28.1. The molecule has 1 aromatic heterocycles. The molecule has 0 spiro atoms. The second kappa shape index (κ2) is 12.7. The number of ether oxygens (including phenoxy) is 2. The number of pyridine rings is 1. The monoisotopic (exact) mass is 580 g/mol. The van der Waals surface area contributed by atoms with E-state index in [2.05, 4.69) is 6.92 Å². The number of Topliss-reactive ketones (excluding diaryl/α,β-unsaturated/α-hetero) is 1. The summed E-state index contributed by atoms with van der Waals surface area (Å²) in [4.78, 5) is 39.0. The highest BCUT2D eigenvalue weighted by molar-refractivity contribution is 6.30. The van der Waals surface area contributed by atoms with E-state index >= 15 is 0 Å². The van der Waals surface area contributed by atoms with Crippen molar-refractivity contribution in [3.05, 3.63) is 92.1 Å². The number of aromatic nitrogens is 1. The lowest BCUT2D eigenvalue weighted by molar-refractivity contribution is -0.123. The summed E-state index contributed by atoms with van der Waals surface area (Å²) in [5.74, 6) is -1.92. The molecular weight excluding hydrogens is 547 g/mol. The van der Waals surface area contributed by atoms with Crippen molar-refractivity contribution in [2.24, 2.45) is 5.73 Å². The SMILES string of the molecule is CC[C@@H]1Cc2ccc(Cl)cc2-c2cc(=O)n(C(C[C@@H]3CCCCO3)C(=O)Cc3ccc(C(N)=O)c(F)c3)cc2CO1. The minimum absolute atomic E-state index is 0.00482. The van der Waals surface area contributed by atoms with E-state index in [0.717, 1.165) is 54.0 Å². The van der Waals surface area contributed by atoms with Gasteiger partial charge < -0.3 is 19.8 Å². The lowest BCUT2D eigenvalue weighted by Crippen LogP contribution is -2.35. The molecule has 0 bridgehead atoms. The zero-order chi connectivity index (χ0) is 29.1. The lowest BCUT2D eigenvalue weighted by Gasteiger charge is -2.29. The number of hydrogen-bond acceptors (Lipinski definition) is 5. The van der Waals surface area contributed by atoms with Crippen molar-refractivity contribution < 1.29 is 23.5 Å². The van der Waals surface area contributed by atoms with Crippen molar-refractivity contribution in [3.8, 4) is 11.1 Å². The Hall–Kier alpha value is -3.33. The predicted molar refractivity (Wildman–Crippen MR) is 155 cm³/mol. The van der Waals surface area contributed by atoms with Gasteiger partial charge >= 0.3 is 0 Å². The topological polar surface area (TPSA) is 101 Å². The molecule has 9 heteroatoms. The average molecular weight is 581 g/mol. The zero-order valence-electron chi connectivity index (χ0n) is 23.0. The standard InChI is InChI=1S/C32H34ClFN2O5/c1-2-23-13-20-7-8-22(33)14-26(20)27-16-31(38)36(17-21(27)18-41-23)29(15-24-5-3-4-10-40-24)30(37)12-19-6-9-25(32(35)39)28(34)11-19/h6-9,11,14,16-17,23-24,29H,2-5,10,12-13,15,18H2,1H3,(H2,35,39)/t23-,24+,29?/m1/s1. The van der Waals surface area contributed by atoms with Gasteiger partial charge in [-0.05, 0) is 78.6 Å². The molecule has 1 fully saturated rings. The first-order valence-electron chi connectivity index (χ1n) is 14.1. The van der Waals surface area contributed by atoms with Crippen LogP contribution in [0.5, 0.6) is 0 Å². The van der Waals surface area contributed by atoms with Gasteiger partial charge in [-0.3, -0.25) is 14.4 Å². The number of amides is 1. The van der Waals surface area contributed by atoms with Crippen molar-refractivity contribution >= 4 is 23.3 Å².